The molecule has 0 radical (unpaired) electrons. The second kappa shape index (κ2) is 12.0. The third kappa shape index (κ3) is 11.7. The molecule has 2 atom stereocenters. The first-order valence-electron chi connectivity index (χ1n) is 8.64. The van der Waals surface area contributed by atoms with Crippen LogP contribution >= 0.6 is 0 Å². The van der Waals surface area contributed by atoms with Crippen molar-refractivity contribution in [1.82, 2.24) is 0 Å². The van der Waals surface area contributed by atoms with E-state index in [0.29, 0.717) is 12.5 Å². The molecule has 0 aliphatic carbocycles. The van der Waals surface area contributed by atoms with Gasteiger partial charge in [-0.1, -0.05) is 51.4 Å². The van der Waals surface area contributed by atoms with Crippen molar-refractivity contribution in [1.29, 1.82) is 0 Å². The minimum absolute atomic E-state index is 0.0978. The number of ether oxygens (including phenoxy) is 2. The SMILES string of the molecule is CC(CO)OC(=O)CCCCCCCCCCCC1CO1. The summed E-state index contributed by atoms with van der Waals surface area (Å²) < 4.78 is 10.2. The van der Waals surface area contributed by atoms with E-state index in [-0.39, 0.29) is 18.7 Å². The molecule has 0 aromatic heterocycles. The number of unbranched alkanes of at least 4 members (excludes halogenated alkanes) is 8. The predicted molar refractivity (Wildman–Crippen MR) is 83.2 cm³/mol. The van der Waals surface area contributed by atoms with Crippen LogP contribution in [0.3, 0.4) is 0 Å². The van der Waals surface area contributed by atoms with Crippen LogP contribution in [0.2, 0.25) is 0 Å². The largest absolute Gasteiger partial charge is 0.460 e. The van der Waals surface area contributed by atoms with Crippen LogP contribution in [0.5, 0.6) is 0 Å². The van der Waals surface area contributed by atoms with E-state index in [1.165, 1.54) is 51.4 Å². The highest BCUT2D eigenvalue weighted by Crippen LogP contribution is 2.18. The Morgan fingerprint density at radius 3 is 2.14 bits per heavy atom. The molecule has 1 rings (SSSR count). The second-order valence-electron chi connectivity index (χ2n) is 6.16. The molecule has 1 N–H and O–H groups in total. The summed E-state index contributed by atoms with van der Waals surface area (Å²) in [5, 5.41) is 8.78. The van der Waals surface area contributed by atoms with Crippen molar-refractivity contribution >= 4 is 5.97 Å². The smallest absolute Gasteiger partial charge is 0.306 e. The number of carbonyl (C=O) groups excluding carboxylic acids is 1. The van der Waals surface area contributed by atoms with Gasteiger partial charge in [-0.25, -0.2) is 0 Å². The van der Waals surface area contributed by atoms with Gasteiger partial charge in [-0.05, 0) is 19.8 Å². The van der Waals surface area contributed by atoms with Gasteiger partial charge in [0, 0.05) is 6.42 Å². The van der Waals surface area contributed by atoms with Gasteiger partial charge in [0.05, 0.1) is 19.3 Å². The molecule has 1 saturated heterocycles. The number of esters is 1. The molecule has 2 unspecified atom stereocenters. The summed E-state index contributed by atoms with van der Waals surface area (Å²) >= 11 is 0. The van der Waals surface area contributed by atoms with Gasteiger partial charge in [0.1, 0.15) is 6.10 Å². The Morgan fingerprint density at radius 2 is 1.62 bits per heavy atom. The molecule has 4 nitrogen and oxygen atoms in total. The Balaban J connectivity index is 1.72. The Labute approximate surface area is 129 Å². The lowest BCUT2D eigenvalue weighted by molar-refractivity contribution is -0.150. The van der Waals surface area contributed by atoms with E-state index in [4.69, 9.17) is 14.6 Å². The van der Waals surface area contributed by atoms with Crippen molar-refractivity contribution < 1.29 is 19.4 Å². The molecule has 1 heterocycles. The monoisotopic (exact) mass is 300 g/mol. The third-order valence-electron chi connectivity index (χ3n) is 3.90. The van der Waals surface area contributed by atoms with Gasteiger partial charge in [-0.2, -0.15) is 0 Å². The summed E-state index contributed by atoms with van der Waals surface area (Å²) in [6.45, 7) is 2.60. The van der Waals surface area contributed by atoms with Gasteiger partial charge in [0.15, 0.2) is 0 Å². The molecular formula is C17H32O4. The average molecular weight is 300 g/mol. The lowest BCUT2D eigenvalue weighted by Gasteiger charge is -2.09. The molecule has 21 heavy (non-hydrogen) atoms. The molecule has 0 saturated carbocycles. The van der Waals surface area contributed by atoms with Crippen molar-refractivity contribution in [2.45, 2.75) is 89.8 Å². The van der Waals surface area contributed by atoms with Crippen LogP contribution in [0.25, 0.3) is 0 Å². The first kappa shape index (κ1) is 18.4. The number of hydrogen-bond donors (Lipinski definition) is 1. The fourth-order valence-electron chi connectivity index (χ4n) is 2.43. The molecular weight excluding hydrogens is 268 g/mol. The first-order chi connectivity index (χ1) is 10.2. The lowest BCUT2D eigenvalue weighted by Crippen LogP contribution is -2.18. The highest BCUT2D eigenvalue weighted by Gasteiger charge is 2.20. The summed E-state index contributed by atoms with van der Waals surface area (Å²) in [5.41, 5.74) is 0. The topological polar surface area (TPSA) is 59.1 Å². The van der Waals surface area contributed by atoms with Crippen molar-refractivity contribution in [3.8, 4) is 0 Å². The highest BCUT2D eigenvalue weighted by molar-refractivity contribution is 5.69. The van der Waals surface area contributed by atoms with Crippen molar-refractivity contribution in [2.24, 2.45) is 0 Å². The summed E-state index contributed by atoms with van der Waals surface area (Å²) in [6.07, 6.45) is 13.1. The number of carbonyl (C=O) groups is 1. The standard InChI is InChI=1S/C17H32O4/c1-15(13-18)21-17(19)12-10-8-6-4-2-3-5-7-9-11-16-14-20-16/h15-16,18H,2-14H2,1H3. The fraction of sp³-hybridized carbons (Fsp3) is 0.941. The summed E-state index contributed by atoms with van der Waals surface area (Å²) in [5.74, 6) is -0.184. The van der Waals surface area contributed by atoms with E-state index in [2.05, 4.69) is 0 Å². The minimum atomic E-state index is -0.371. The first-order valence-corrected chi connectivity index (χ1v) is 8.64. The summed E-state index contributed by atoms with van der Waals surface area (Å²) in [6, 6.07) is 0. The molecule has 4 heteroatoms. The Kier molecular flexibility index (Phi) is 10.5. The summed E-state index contributed by atoms with van der Waals surface area (Å²) in [7, 11) is 0. The maximum Gasteiger partial charge on any atom is 0.306 e. The zero-order chi connectivity index (χ0) is 15.3. The van der Waals surface area contributed by atoms with E-state index < -0.39 is 0 Å². The van der Waals surface area contributed by atoms with Crippen molar-refractivity contribution in [2.75, 3.05) is 13.2 Å². The highest BCUT2D eigenvalue weighted by atomic mass is 16.6. The van der Waals surface area contributed by atoms with Crippen molar-refractivity contribution in [3.63, 3.8) is 0 Å². The van der Waals surface area contributed by atoms with E-state index in [9.17, 15) is 4.79 Å². The molecule has 1 aliphatic rings. The van der Waals surface area contributed by atoms with Crippen LogP contribution in [0.4, 0.5) is 0 Å². The number of aliphatic hydroxyl groups excluding tert-OH is 1. The van der Waals surface area contributed by atoms with Crippen molar-refractivity contribution in [3.05, 3.63) is 0 Å². The maximum absolute atomic E-state index is 11.4. The van der Waals surface area contributed by atoms with Crippen LogP contribution in [-0.2, 0) is 14.3 Å². The van der Waals surface area contributed by atoms with Crippen LogP contribution in [0.15, 0.2) is 0 Å². The van der Waals surface area contributed by atoms with Crippen LogP contribution < -0.4 is 0 Å². The zero-order valence-corrected chi connectivity index (χ0v) is 13.5. The molecule has 124 valence electrons. The normalized spacial score (nSPS) is 18.5. The zero-order valence-electron chi connectivity index (χ0n) is 13.5. The number of rotatable bonds is 14. The van der Waals surface area contributed by atoms with Gasteiger partial charge in [-0.3, -0.25) is 4.79 Å². The molecule has 0 aromatic rings. The Hall–Kier alpha value is -0.610. The van der Waals surface area contributed by atoms with E-state index in [1.807, 2.05) is 0 Å². The second-order valence-corrected chi connectivity index (χ2v) is 6.16. The van der Waals surface area contributed by atoms with Crippen LogP contribution in [0.1, 0.15) is 77.6 Å². The van der Waals surface area contributed by atoms with E-state index in [0.717, 1.165) is 19.4 Å². The molecule has 0 aromatic carbocycles. The van der Waals surface area contributed by atoms with Gasteiger partial charge < -0.3 is 14.6 Å². The quantitative estimate of drug-likeness (QED) is 0.302. The van der Waals surface area contributed by atoms with Crippen LogP contribution in [0, 0.1) is 0 Å². The number of epoxide rings is 1. The molecule has 0 spiro atoms. The Morgan fingerprint density at radius 1 is 1.10 bits per heavy atom. The maximum atomic E-state index is 11.4. The molecule has 0 amide bonds. The Bertz CT molecular complexity index is 264. The third-order valence-corrected chi connectivity index (χ3v) is 3.90. The molecule has 1 aliphatic heterocycles. The molecule has 0 bridgehead atoms. The van der Waals surface area contributed by atoms with Gasteiger partial charge in [0.2, 0.25) is 0 Å². The van der Waals surface area contributed by atoms with Gasteiger partial charge in [-0.15, -0.1) is 0 Å². The predicted octanol–water partition coefficient (Wildman–Crippen LogP) is 3.60. The van der Waals surface area contributed by atoms with Gasteiger partial charge in [0.25, 0.3) is 0 Å². The minimum Gasteiger partial charge on any atom is -0.460 e. The molecule has 1 fully saturated rings. The number of aliphatic hydroxyl groups is 1. The summed E-state index contributed by atoms with van der Waals surface area (Å²) in [4.78, 5) is 11.4. The lowest BCUT2D eigenvalue weighted by atomic mass is 10.1. The average Bonchev–Trinajstić information content (AvgIpc) is 3.28. The fourth-order valence-corrected chi connectivity index (χ4v) is 2.43. The van der Waals surface area contributed by atoms with Crippen LogP contribution in [-0.4, -0.2) is 36.5 Å². The number of hydrogen-bond acceptors (Lipinski definition) is 4. The van der Waals surface area contributed by atoms with Gasteiger partial charge >= 0.3 is 5.97 Å². The van der Waals surface area contributed by atoms with E-state index in [1.54, 1.807) is 6.92 Å². The van der Waals surface area contributed by atoms with E-state index >= 15 is 0 Å².